The number of nitrogens with two attached hydrogens (primary N) is 8. The molecule has 8 aromatic heterocycles. The van der Waals surface area contributed by atoms with Crippen molar-refractivity contribution in [1.82, 2.24) is 65.5 Å². The molecule has 0 atom stereocenters. The maximum absolute atomic E-state index is 13.9. The highest BCUT2D eigenvalue weighted by atomic mass is 19.1. The van der Waals surface area contributed by atoms with E-state index in [-0.39, 0.29) is 89.9 Å². The van der Waals surface area contributed by atoms with Gasteiger partial charge in [-0.2, -0.15) is 15.3 Å². The molecule has 0 aliphatic carbocycles. The van der Waals surface area contributed by atoms with Gasteiger partial charge in [-0.3, -0.25) is 0 Å². The summed E-state index contributed by atoms with van der Waals surface area (Å²) >= 11 is 0. The first-order valence-corrected chi connectivity index (χ1v) is 40.4. The molecule has 0 radical (unpaired) electrons. The number of benzene rings is 8. The zero-order valence-electron chi connectivity index (χ0n) is 75.1. The van der Waals surface area contributed by atoms with Gasteiger partial charge in [-0.05, 0) is 189 Å². The molecule has 0 fully saturated rings. The number of imidazole rings is 2. The van der Waals surface area contributed by atoms with E-state index in [4.69, 9.17) is 45.9 Å². The third-order valence-electron chi connectivity index (χ3n) is 20.6. The second-order valence-electron chi connectivity index (χ2n) is 38.8. The first kappa shape index (κ1) is 93.9. The molecular formula is C97H118F5N21. The predicted octanol–water partition coefficient (Wildman–Crippen LogP) is 22.5. The number of fused-ring (bicyclic) bond motifs is 8. The lowest BCUT2D eigenvalue weighted by Gasteiger charge is -2.20. The molecule has 0 aliphatic rings. The second-order valence-corrected chi connectivity index (χ2v) is 38.8. The molecule has 0 spiro atoms. The summed E-state index contributed by atoms with van der Waals surface area (Å²) in [4.78, 5) is 26.0. The molecule has 0 aliphatic heterocycles. The van der Waals surface area contributed by atoms with Crippen molar-refractivity contribution >= 4 is 134 Å². The summed E-state index contributed by atoms with van der Waals surface area (Å²) in [5, 5.41) is 32.0. The van der Waals surface area contributed by atoms with Crippen molar-refractivity contribution in [2.75, 3.05) is 45.9 Å². The Morgan fingerprint density at radius 1 is 0.252 bits per heavy atom. The van der Waals surface area contributed by atoms with Crippen LogP contribution < -0.4 is 45.9 Å². The minimum Gasteiger partial charge on any atom is -0.383 e. The summed E-state index contributed by atoms with van der Waals surface area (Å²) < 4.78 is 69.3. The van der Waals surface area contributed by atoms with Crippen LogP contribution in [-0.2, 0) is 43.3 Å². The number of aromatic nitrogens is 13. The fourth-order valence-corrected chi connectivity index (χ4v) is 13.2. The van der Waals surface area contributed by atoms with E-state index < -0.39 is 0 Å². The van der Waals surface area contributed by atoms with E-state index in [1.807, 2.05) is 126 Å². The number of nitrogen functional groups attached to an aromatic ring is 8. The number of pyridine rings is 3. The average Bonchev–Trinajstić information content (AvgIpc) is 0.895. The molecule has 0 saturated carbocycles. The molecule has 646 valence electrons. The first-order chi connectivity index (χ1) is 56.9. The van der Waals surface area contributed by atoms with E-state index >= 15 is 0 Å². The molecule has 0 saturated heterocycles. The van der Waals surface area contributed by atoms with Crippen LogP contribution in [0.5, 0.6) is 0 Å². The number of rotatable bonds is 0. The first-order valence-electron chi connectivity index (χ1n) is 40.4. The van der Waals surface area contributed by atoms with Crippen LogP contribution >= 0.6 is 0 Å². The van der Waals surface area contributed by atoms with Gasteiger partial charge in [0, 0.05) is 62.4 Å². The zero-order chi connectivity index (χ0) is 91.4. The normalized spacial score (nSPS) is 12.0. The Hall–Kier alpha value is -13.0. The Balaban J connectivity index is 0.000000160. The van der Waals surface area contributed by atoms with Gasteiger partial charge < -0.3 is 55.8 Å². The van der Waals surface area contributed by atoms with Crippen molar-refractivity contribution in [3.05, 3.63) is 244 Å². The number of anilines is 8. The lowest BCUT2D eigenvalue weighted by atomic mass is 9.85. The van der Waals surface area contributed by atoms with Gasteiger partial charge in [0.1, 0.15) is 46.5 Å². The van der Waals surface area contributed by atoms with Crippen molar-refractivity contribution in [2.45, 2.75) is 209 Å². The highest BCUT2D eigenvalue weighted by molar-refractivity contribution is 5.95. The van der Waals surface area contributed by atoms with Gasteiger partial charge in [0.05, 0.1) is 51.4 Å². The molecule has 18 N–H and O–H groups in total. The molecular weight excluding hydrogens is 1550 g/mol. The van der Waals surface area contributed by atoms with E-state index in [9.17, 15) is 22.0 Å². The molecule has 8 aromatic carbocycles. The van der Waals surface area contributed by atoms with Gasteiger partial charge in [0.25, 0.3) is 0 Å². The molecule has 0 unspecified atom stereocenters. The predicted molar refractivity (Wildman–Crippen MR) is 501 cm³/mol. The Morgan fingerprint density at radius 2 is 0.577 bits per heavy atom. The van der Waals surface area contributed by atoms with E-state index in [1.165, 1.54) is 47.2 Å². The van der Waals surface area contributed by atoms with E-state index in [0.29, 0.717) is 78.5 Å². The number of nitrogens with one attached hydrogen (secondary N) is 2. The van der Waals surface area contributed by atoms with E-state index in [1.54, 1.807) is 55.2 Å². The summed E-state index contributed by atoms with van der Waals surface area (Å²) in [5.41, 5.74) is 56.0. The molecule has 123 heavy (non-hydrogen) atoms. The number of H-pyrrole nitrogens is 2. The maximum atomic E-state index is 13.9. The summed E-state index contributed by atoms with van der Waals surface area (Å²) in [6, 6.07) is 41.1. The quantitative estimate of drug-likeness (QED) is 0.0630. The maximum Gasteiger partial charge on any atom is 0.198 e. The number of hydrogen-bond donors (Lipinski definition) is 10. The van der Waals surface area contributed by atoms with Crippen LogP contribution in [0.1, 0.15) is 211 Å². The lowest BCUT2D eigenvalue weighted by Crippen LogP contribution is -2.13. The fourth-order valence-electron chi connectivity index (χ4n) is 13.2. The smallest absolute Gasteiger partial charge is 0.198 e. The summed E-state index contributed by atoms with van der Waals surface area (Å²) in [7, 11) is 0. The van der Waals surface area contributed by atoms with Gasteiger partial charge in [0.15, 0.2) is 29.4 Å². The van der Waals surface area contributed by atoms with Crippen LogP contribution in [-0.4, -0.2) is 65.5 Å². The largest absolute Gasteiger partial charge is 0.383 e. The topological polar surface area (TPSA) is 382 Å². The summed E-state index contributed by atoms with van der Waals surface area (Å²) in [6.07, 6.45) is 9.88. The number of halogens is 5. The Morgan fingerprint density at radius 3 is 1.06 bits per heavy atom. The van der Waals surface area contributed by atoms with Gasteiger partial charge >= 0.3 is 0 Å². The number of nitrogens with zero attached hydrogens (tertiary/aromatic N) is 11. The number of hydrogen-bond acceptors (Lipinski definition) is 19. The molecule has 0 bridgehead atoms. The van der Waals surface area contributed by atoms with Gasteiger partial charge in [0.2, 0.25) is 0 Å². The van der Waals surface area contributed by atoms with Crippen molar-refractivity contribution < 1.29 is 22.0 Å². The SMILES string of the molecule is CC(C)(C)c1cc(F)c2c(N)nccc2c1.CC(C)(C)c1cc(F)c2c(N)nncc2c1.CC(C)(C)c1cc2[nH]c(N)nc2cc1F.CC(C)(C)c1cc2ccnc(N)c2cc1F.CC(C)(C)c1cc2cnnc(N)c2cc1F.CC(C)(C)c1ccc2c(N)nccc2c1.CC(C)(C)c1ccc2c(N)nncc2c1.CC(C)(C)c1ccc2nc(N)[nH]c2c1. The second kappa shape index (κ2) is 36.4. The number of aromatic amines is 2. The third-order valence-corrected chi connectivity index (χ3v) is 20.6. The fraction of sp³-hybridized carbons (Fsp3) is 0.330. The Bertz CT molecular complexity index is 6180. The summed E-state index contributed by atoms with van der Waals surface area (Å²) in [5.74, 6) is 1.56. The molecule has 8 heterocycles. The van der Waals surface area contributed by atoms with E-state index in [2.05, 4.69) is 191 Å². The minimum atomic E-state index is -0.338. The van der Waals surface area contributed by atoms with Gasteiger partial charge in [-0.1, -0.05) is 209 Å². The molecule has 16 rings (SSSR count). The molecule has 26 heteroatoms. The van der Waals surface area contributed by atoms with Gasteiger partial charge in [-0.25, -0.2) is 46.9 Å². The monoisotopic (exact) mass is 1670 g/mol. The van der Waals surface area contributed by atoms with Crippen molar-refractivity contribution in [1.29, 1.82) is 0 Å². The van der Waals surface area contributed by atoms with Crippen LogP contribution in [0.15, 0.2) is 171 Å². The summed E-state index contributed by atoms with van der Waals surface area (Å²) in [6.45, 7) is 49.8. The van der Waals surface area contributed by atoms with Crippen LogP contribution in [0.2, 0.25) is 0 Å². The Kier molecular flexibility index (Phi) is 27.7. The third kappa shape index (κ3) is 23.6. The van der Waals surface area contributed by atoms with Crippen molar-refractivity contribution in [2.24, 2.45) is 0 Å². The van der Waals surface area contributed by atoms with Crippen LogP contribution in [0.25, 0.3) is 86.7 Å². The average molecular weight is 1670 g/mol. The standard InChI is InChI=1S/2C13H15FN2.C13H16N2.2C12H14FN3.C12H15N3.C11H14FN3.C11H15N3/c1-13(2,3)10-6-8-4-5-16-12(15)9(8)7-11(10)14;1-13(2,3)9-6-8-4-5-16-12(15)11(8)10(14)7-9;1-13(2,3)10-4-5-11-9(8-10)6-7-15-12(11)14;1-12(2,3)9-4-7-6-15-16-11(14)8(7)5-10(9)13;1-12(2,3)8-4-7-6-15-16-11(14)10(7)9(13)5-8;1-12(2,3)9-4-5-10-8(6-9)7-14-15-11(10)13;1-11(2,3)6-4-8-9(5-7(6)12)15-10(13)14-8;1-11(2,3)7-4-5-8-9(6-7)14-10(12)13-8/h2*4-7H,1-3H3,(H2,15,16);4-8H,1-3H3,(H2,14,15);2*4-6H,1-3H3,(H2,14,16);4-7H,1-3H3,(H2,13,15);4-5H,1-3H3,(H3,13,14,15);4-6H,1-3H3,(H3,12,13,14). The van der Waals surface area contributed by atoms with Crippen LogP contribution in [0.4, 0.5) is 68.8 Å². The highest BCUT2D eigenvalue weighted by Gasteiger charge is 2.26. The van der Waals surface area contributed by atoms with Crippen LogP contribution in [0.3, 0.4) is 0 Å². The minimum absolute atomic E-state index is 0.0763. The zero-order valence-corrected chi connectivity index (χ0v) is 75.1. The van der Waals surface area contributed by atoms with Crippen molar-refractivity contribution in [3.63, 3.8) is 0 Å². The lowest BCUT2D eigenvalue weighted by molar-refractivity contribution is 0.524. The van der Waals surface area contributed by atoms with Crippen molar-refractivity contribution in [3.8, 4) is 0 Å². The molecule has 0 amide bonds. The molecule has 16 aromatic rings. The molecule has 21 nitrogen and oxygen atoms in total. The van der Waals surface area contributed by atoms with Gasteiger partial charge in [-0.15, -0.1) is 15.3 Å². The van der Waals surface area contributed by atoms with E-state index in [0.717, 1.165) is 65.4 Å². The Labute approximate surface area is 716 Å². The highest BCUT2D eigenvalue weighted by Crippen LogP contribution is 2.37. The van der Waals surface area contributed by atoms with Crippen LogP contribution in [0, 0.1) is 29.1 Å².